The van der Waals surface area contributed by atoms with Gasteiger partial charge < -0.3 is 9.47 Å². The fourth-order valence-electron chi connectivity index (χ4n) is 6.00. The van der Waals surface area contributed by atoms with Crippen molar-refractivity contribution in [3.63, 3.8) is 0 Å². The second-order valence-corrected chi connectivity index (χ2v) is 11.0. The number of aromatic nitrogens is 4. The molecule has 0 fully saturated rings. The van der Waals surface area contributed by atoms with Crippen LogP contribution in [-0.2, 0) is 6.42 Å². The molecule has 0 aliphatic heterocycles. The maximum absolute atomic E-state index is 4.90. The van der Waals surface area contributed by atoms with Crippen molar-refractivity contribution >= 4 is 39.4 Å². The summed E-state index contributed by atoms with van der Waals surface area (Å²) >= 11 is 0. The van der Waals surface area contributed by atoms with Crippen molar-refractivity contribution in [1.82, 2.24) is 19.5 Å². The van der Waals surface area contributed by atoms with Crippen LogP contribution in [0.5, 0.6) is 0 Å². The van der Waals surface area contributed by atoms with E-state index in [4.69, 9.17) is 9.97 Å². The Hall–Kier alpha value is -6.14. The molecule has 0 radical (unpaired) electrons. The number of aliphatic imine (C=N–C) groups is 1. The van der Waals surface area contributed by atoms with Gasteiger partial charge in [-0.25, -0.2) is 0 Å². The maximum Gasteiger partial charge on any atom is 0.0725 e. The first-order valence-electron chi connectivity index (χ1n) is 15.1. The Morgan fingerprint density at radius 2 is 1.43 bits per heavy atom. The molecule has 6 heteroatoms. The van der Waals surface area contributed by atoms with Crippen LogP contribution in [0, 0.1) is 0 Å². The second-order valence-electron chi connectivity index (χ2n) is 11.0. The third-order valence-corrected chi connectivity index (χ3v) is 8.10. The summed E-state index contributed by atoms with van der Waals surface area (Å²) in [5, 5.41) is 2.28. The first-order chi connectivity index (χ1) is 22.7. The predicted molar refractivity (Wildman–Crippen MR) is 191 cm³/mol. The van der Waals surface area contributed by atoms with Crippen molar-refractivity contribution in [3.05, 3.63) is 158 Å². The first-order valence-corrected chi connectivity index (χ1v) is 15.1. The summed E-state index contributed by atoms with van der Waals surface area (Å²) in [4.78, 5) is 20.5. The zero-order valence-electron chi connectivity index (χ0n) is 25.6. The van der Waals surface area contributed by atoms with Crippen LogP contribution < -0.4 is 4.90 Å². The normalized spacial score (nSPS) is 11.3. The van der Waals surface area contributed by atoms with Gasteiger partial charge in [0.05, 0.1) is 52.4 Å². The van der Waals surface area contributed by atoms with Crippen molar-refractivity contribution in [2.75, 3.05) is 11.9 Å². The van der Waals surface area contributed by atoms with Gasteiger partial charge in [-0.2, -0.15) is 0 Å². The number of para-hydroxylation sites is 2. The third-order valence-electron chi connectivity index (χ3n) is 8.10. The van der Waals surface area contributed by atoms with Gasteiger partial charge in [-0.3, -0.25) is 19.9 Å². The number of hydrogen-bond acceptors (Lipinski definition) is 5. The first kappa shape index (κ1) is 28.6. The molecule has 0 N–H and O–H groups in total. The van der Waals surface area contributed by atoms with Crippen molar-refractivity contribution < 1.29 is 0 Å². The van der Waals surface area contributed by atoms with Gasteiger partial charge in [-0.1, -0.05) is 73.3 Å². The molecular weight excluding hydrogens is 564 g/mol. The Balaban J connectivity index is 1.25. The summed E-state index contributed by atoms with van der Waals surface area (Å²) < 4.78 is 2.22. The van der Waals surface area contributed by atoms with Crippen molar-refractivity contribution in [2.45, 2.75) is 6.42 Å². The van der Waals surface area contributed by atoms with Crippen LogP contribution in [0.2, 0.25) is 0 Å². The Labute approximate surface area is 268 Å². The number of anilines is 2. The van der Waals surface area contributed by atoms with Crippen LogP contribution >= 0.6 is 0 Å². The number of fused-ring (bicyclic) bond motifs is 3. The smallest absolute Gasteiger partial charge is 0.0725 e. The molecule has 0 amide bonds. The number of benzene rings is 3. The highest BCUT2D eigenvalue weighted by Crippen LogP contribution is 2.36. The van der Waals surface area contributed by atoms with Gasteiger partial charge >= 0.3 is 0 Å². The fourth-order valence-corrected chi connectivity index (χ4v) is 6.00. The summed E-state index contributed by atoms with van der Waals surface area (Å²) in [7, 11) is 1.75. The molecule has 0 spiro atoms. The van der Waals surface area contributed by atoms with E-state index in [1.165, 1.54) is 0 Å². The number of pyridine rings is 3. The molecule has 0 atom stereocenters. The van der Waals surface area contributed by atoms with Gasteiger partial charge in [-0.05, 0) is 54.4 Å². The zero-order chi connectivity index (χ0) is 31.5. The van der Waals surface area contributed by atoms with E-state index in [-0.39, 0.29) is 0 Å². The lowest BCUT2D eigenvalue weighted by Crippen LogP contribution is -2.18. The van der Waals surface area contributed by atoms with Crippen LogP contribution in [-0.4, -0.2) is 32.8 Å². The quantitative estimate of drug-likeness (QED) is 0.123. The van der Waals surface area contributed by atoms with Gasteiger partial charge in [0.15, 0.2) is 0 Å². The van der Waals surface area contributed by atoms with Crippen LogP contribution in [0.1, 0.15) is 5.56 Å². The lowest BCUT2D eigenvalue weighted by atomic mass is 10.0. The summed E-state index contributed by atoms with van der Waals surface area (Å²) in [6, 6.07) is 35.3. The number of allylic oxidation sites excluding steroid dienone is 2. The van der Waals surface area contributed by atoms with E-state index in [9.17, 15) is 0 Å². The zero-order valence-corrected chi connectivity index (χ0v) is 25.6. The highest BCUT2D eigenvalue weighted by molar-refractivity contribution is 6.09. The SMILES string of the molecule is C=CCc1cc(-c2ccc(-c3cc4c5ccncc5n(-c5ccccc5)c4cn3)cc2)ncc1N(C(=C)C=NC)c1ccccc1. The molecule has 0 aliphatic rings. The van der Waals surface area contributed by atoms with Crippen LogP contribution in [0.25, 0.3) is 50.0 Å². The maximum atomic E-state index is 4.90. The van der Waals surface area contributed by atoms with Crippen LogP contribution in [0.15, 0.2) is 158 Å². The van der Waals surface area contributed by atoms with Crippen LogP contribution in [0.4, 0.5) is 11.4 Å². The molecule has 3 aromatic carbocycles. The van der Waals surface area contributed by atoms with Crippen molar-refractivity contribution in [2.24, 2.45) is 4.99 Å². The minimum Gasteiger partial charge on any atom is -0.308 e. The van der Waals surface area contributed by atoms with E-state index < -0.39 is 0 Å². The predicted octanol–water partition coefficient (Wildman–Crippen LogP) is 9.38. The largest absolute Gasteiger partial charge is 0.308 e. The molecule has 0 bridgehead atoms. The second kappa shape index (κ2) is 12.5. The molecule has 4 aromatic heterocycles. The topological polar surface area (TPSA) is 59.2 Å². The average molecular weight is 597 g/mol. The highest BCUT2D eigenvalue weighted by atomic mass is 15.2. The summed E-state index contributed by atoms with van der Waals surface area (Å²) in [6.07, 6.45) is 12.0. The minimum atomic E-state index is 0.679. The number of hydrogen-bond donors (Lipinski definition) is 0. The summed E-state index contributed by atoms with van der Waals surface area (Å²) in [6.45, 7) is 8.30. The highest BCUT2D eigenvalue weighted by Gasteiger charge is 2.18. The molecule has 0 saturated carbocycles. The molecule has 0 aliphatic carbocycles. The lowest BCUT2D eigenvalue weighted by molar-refractivity contribution is 1.14. The molecule has 0 unspecified atom stereocenters. The molecule has 46 heavy (non-hydrogen) atoms. The molecule has 7 rings (SSSR count). The van der Waals surface area contributed by atoms with Gasteiger partial charge in [0.1, 0.15) is 0 Å². The summed E-state index contributed by atoms with van der Waals surface area (Å²) in [5.74, 6) is 0. The van der Waals surface area contributed by atoms with Gasteiger partial charge in [0.2, 0.25) is 0 Å². The molecule has 222 valence electrons. The van der Waals surface area contributed by atoms with E-state index in [1.807, 2.05) is 67.3 Å². The standard InChI is InChI=1S/C40H32N6/c1-4-11-31-22-36(43-26-38(31)45(28(2)24-41-3)32-12-7-5-8-13-32)29-16-18-30(19-17-29)37-23-35-34-20-21-42-25-39(34)46(40(35)27-44-37)33-14-9-6-10-15-33/h4-10,12-27H,1-2,11H2,3H3. The monoisotopic (exact) mass is 596 g/mol. The molecule has 0 saturated heterocycles. The summed E-state index contributed by atoms with van der Waals surface area (Å²) in [5.41, 5.74) is 10.8. The fraction of sp³-hybridized carbons (Fsp3) is 0.0500. The molecule has 7 aromatic rings. The lowest BCUT2D eigenvalue weighted by Gasteiger charge is -2.27. The molecule has 4 heterocycles. The van der Waals surface area contributed by atoms with E-state index in [2.05, 4.69) is 99.3 Å². The Bertz CT molecular complexity index is 2210. The Morgan fingerprint density at radius 3 is 2.13 bits per heavy atom. The van der Waals surface area contributed by atoms with E-state index in [0.29, 0.717) is 6.42 Å². The number of rotatable bonds is 9. The Morgan fingerprint density at radius 1 is 0.783 bits per heavy atom. The molecular formula is C40H32N6. The van der Waals surface area contributed by atoms with E-state index >= 15 is 0 Å². The van der Waals surface area contributed by atoms with Gasteiger partial charge in [0.25, 0.3) is 0 Å². The van der Waals surface area contributed by atoms with Gasteiger partial charge in [0, 0.05) is 52.7 Å². The van der Waals surface area contributed by atoms with Crippen molar-refractivity contribution in [3.8, 4) is 28.2 Å². The molecule has 6 nitrogen and oxygen atoms in total. The number of nitrogens with zero attached hydrogens (tertiary/aromatic N) is 6. The average Bonchev–Trinajstić information content (AvgIpc) is 3.44. The van der Waals surface area contributed by atoms with E-state index in [1.54, 1.807) is 13.3 Å². The van der Waals surface area contributed by atoms with E-state index in [0.717, 1.165) is 72.6 Å². The minimum absolute atomic E-state index is 0.679. The third kappa shape index (κ3) is 5.26. The van der Waals surface area contributed by atoms with Gasteiger partial charge in [-0.15, -0.1) is 6.58 Å². The Kier molecular flexibility index (Phi) is 7.75. The van der Waals surface area contributed by atoms with Crippen LogP contribution in [0.3, 0.4) is 0 Å². The van der Waals surface area contributed by atoms with Crippen molar-refractivity contribution in [1.29, 1.82) is 0 Å².